The summed E-state index contributed by atoms with van der Waals surface area (Å²) in [4.78, 5) is 5.10. The van der Waals surface area contributed by atoms with Crippen LogP contribution < -0.4 is 10.8 Å². The lowest BCUT2D eigenvalue weighted by atomic mass is 10.2. The third-order valence-corrected chi connectivity index (χ3v) is 2.10. The van der Waals surface area contributed by atoms with Crippen molar-refractivity contribution in [3.63, 3.8) is 0 Å². The zero-order chi connectivity index (χ0) is 10.1. The van der Waals surface area contributed by atoms with Crippen LogP contribution in [0.15, 0.2) is 12.1 Å². The number of hydrogen-bond acceptors (Lipinski definition) is 3. The quantitative estimate of drug-likeness (QED) is 0.701. The number of anilines is 2. The molecule has 1 fully saturated rings. The zero-order valence-electron chi connectivity index (χ0n) is 7.46. The Balaban J connectivity index is 2.44. The van der Waals surface area contributed by atoms with Gasteiger partial charge in [0.15, 0.2) is 11.6 Å². The first-order valence-corrected chi connectivity index (χ1v) is 4.34. The topological polar surface area (TPSA) is 38.5 Å². The zero-order valence-corrected chi connectivity index (χ0v) is 7.46. The second-order valence-corrected chi connectivity index (χ2v) is 3.09. The molecule has 5 heteroatoms. The minimum Gasteiger partial charge on any atom is -0.397 e. The van der Waals surface area contributed by atoms with E-state index in [0.29, 0.717) is 13.2 Å². The van der Waals surface area contributed by atoms with Crippen LogP contribution in [0.1, 0.15) is 6.42 Å². The Bertz CT molecular complexity index is 351. The molecule has 76 valence electrons. The van der Waals surface area contributed by atoms with Crippen molar-refractivity contribution in [3.8, 4) is 0 Å². The maximum absolute atomic E-state index is 13.3. The van der Waals surface area contributed by atoms with Crippen LogP contribution in [-0.4, -0.2) is 13.2 Å². The Morgan fingerprint density at radius 2 is 2.14 bits per heavy atom. The number of nitrogen functional groups attached to an aromatic ring is 1. The van der Waals surface area contributed by atoms with Crippen molar-refractivity contribution >= 4 is 11.4 Å². The van der Waals surface area contributed by atoms with E-state index < -0.39 is 11.6 Å². The van der Waals surface area contributed by atoms with Crippen LogP contribution in [0.3, 0.4) is 0 Å². The van der Waals surface area contributed by atoms with Gasteiger partial charge in [0.25, 0.3) is 0 Å². The molecule has 3 nitrogen and oxygen atoms in total. The summed E-state index contributed by atoms with van der Waals surface area (Å²) < 4.78 is 26.2. The Hall–Kier alpha value is -1.36. The molecule has 14 heavy (non-hydrogen) atoms. The number of hydrogen-bond donors (Lipinski definition) is 1. The lowest BCUT2D eigenvalue weighted by Gasteiger charge is -2.18. The Morgan fingerprint density at radius 1 is 1.36 bits per heavy atom. The Labute approximate surface area is 80.0 Å². The first-order valence-electron chi connectivity index (χ1n) is 4.34. The van der Waals surface area contributed by atoms with E-state index in [1.165, 1.54) is 11.1 Å². The molecule has 1 aliphatic heterocycles. The average Bonchev–Trinajstić information content (AvgIpc) is 2.65. The largest absolute Gasteiger partial charge is 0.397 e. The average molecular weight is 200 g/mol. The summed E-state index contributed by atoms with van der Waals surface area (Å²) in [6.07, 6.45) is 0.787. The van der Waals surface area contributed by atoms with Gasteiger partial charge >= 0.3 is 0 Å². The minimum atomic E-state index is -0.952. The maximum atomic E-state index is 13.3. The summed E-state index contributed by atoms with van der Waals surface area (Å²) in [5.74, 6) is -1.86. The molecule has 0 radical (unpaired) electrons. The van der Waals surface area contributed by atoms with E-state index in [4.69, 9.17) is 10.6 Å². The molecule has 0 aromatic heterocycles. The van der Waals surface area contributed by atoms with Crippen LogP contribution in [-0.2, 0) is 4.84 Å². The normalized spacial score (nSPS) is 16.3. The van der Waals surface area contributed by atoms with E-state index in [2.05, 4.69) is 0 Å². The molecule has 1 aliphatic rings. The third-order valence-electron chi connectivity index (χ3n) is 2.10. The van der Waals surface area contributed by atoms with Gasteiger partial charge in [0.2, 0.25) is 0 Å². The van der Waals surface area contributed by atoms with Crippen molar-refractivity contribution in [1.82, 2.24) is 0 Å². The fourth-order valence-electron chi connectivity index (χ4n) is 1.43. The second-order valence-electron chi connectivity index (χ2n) is 3.09. The molecule has 2 N–H and O–H groups in total. The highest BCUT2D eigenvalue weighted by molar-refractivity contribution is 5.67. The predicted octanol–water partition coefficient (Wildman–Crippen LogP) is 1.69. The van der Waals surface area contributed by atoms with Crippen molar-refractivity contribution in [2.45, 2.75) is 6.42 Å². The third kappa shape index (κ3) is 1.39. The lowest BCUT2D eigenvalue weighted by molar-refractivity contribution is 0.166. The number of halogens is 2. The maximum Gasteiger partial charge on any atom is 0.186 e. The number of rotatable bonds is 1. The molecule has 0 unspecified atom stereocenters. The smallest absolute Gasteiger partial charge is 0.186 e. The first-order chi connectivity index (χ1) is 6.70. The lowest BCUT2D eigenvalue weighted by Crippen LogP contribution is -2.19. The summed E-state index contributed by atoms with van der Waals surface area (Å²) >= 11 is 0. The molecule has 0 bridgehead atoms. The molecule has 0 saturated carbocycles. The van der Waals surface area contributed by atoms with Gasteiger partial charge < -0.3 is 5.73 Å². The minimum absolute atomic E-state index is 0.00231. The Kier molecular flexibility index (Phi) is 2.25. The van der Waals surface area contributed by atoms with Gasteiger partial charge in [0.1, 0.15) is 5.69 Å². The molecule has 0 amide bonds. The first kappa shape index (κ1) is 9.21. The van der Waals surface area contributed by atoms with Crippen LogP contribution in [0, 0.1) is 11.6 Å². The number of hydroxylamine groups is 1. The summed E-state index contributed by atoms with van der Waals surface area (Å²) in [7, 11) is 0. The van der Waals surface area contributed by atoms with Crippen LogP contribution in [0.25, 0.3) is 0 Å². The van der Waals surface area contributed by atoms with Gasteiger partial charge in [-0.25, -0.2) is 13.8 Å². The highest BCUT2D eigenvalue weighted by Gasteiger charge is 2.22. The molecule has 1 aromatic carbocycles. The van der Waals surface area contributed by atoms with Gasteiger partial charge in [-0.2, -0.15) is 0 Å². The van der Waals surface area contributed by atoms with Gasteiger partial charge in [-0.1, -0.05) is 0 Å². The van der Waals surface area contributed by atoms with Gasteiger partial charge in [0.05, 0.1) is 12.3 Å². The highest BCUT2D eigenvalue weighted by atomic mass is 19.2. The molecule has 0 spiro atoms. The van der Waals surface area contributed by atoms with E-state index in [1.807, 2.05) is 0 Å². The van der Waals surface area contributed by atoms with E-state index in [0.717, 1.165) is 12.5 Å². The van der Waals surface area contributed by atoms with Gasteiger partial charge in [-0.3, -0.25) is 4.84 Å². The highest BCUT2D eigenvalue weighted by Crippen LogP contribution is 2.30. The van der Waals surface area contributed by atoms with Crippen molar-refractivity contribution < 1.29 is 13.6 Å². The van der Waals surface area contributed by atoms with Crippen LogP contribution in [0.5, 0.6) is 0 Å². The molecule has 1 saturated heterocycles. The molecule has 1 aromatic rings. The monoisotopic (exact) mass is 200 g/mol. The molecular weight excluding hydrogens is 190 g/mol. The second kappa shape index (κ2) is 3.42. The van der Waals surface area contributed by atoms with Crippen molar-refractivity contribution in [2.75, 3.05) is 23.9 Å². The van der Waals surface area contributed by atoms with E-state index >= 15 is 0 Å². The standard InChI is InChI=1S/C9H10F2N2O/c10-6-2-3-7(12)9(8(6)11)13-4-1-5-14-13/h2-3H,1,4-5,12H2. The van der Waals surface area contributed by atoms with Crippen LogP contribution in [0.4, 0.5) is 20.2 Å². The van der Waals surface area contributed by atoms with E-state index in [-0.39, 0.29) is 11.4 Å². The molecule has 0 aliphatic carbocycles. The summed E-state index contributed by atoms with van der Waals surface area (Å²) in [6, 6.07) is 2.33. The van der Waals surface area contributed by atoms with Crippen LogP contribution in [0.2, 0.25) is 0 Å². The molecule has 0 atom stereocenters. The SMILES string of the molecule is Nc1ccc(F)c(F)c1N1CCCO1. The predicted molar refractivity (Wildman–Crippen MR) is 48.7 cm³/mol. The van der Waals surface area contributed by atoms with Crippen LogP contribution >= 0.6 is 0 Å². The van der Waals surface area contributed by atoms with E-state index in [1.54, 1.807) is 0 Å². The fraction of sp³-hybridized carbons (Fsp3) is 0.333. The molecule has 2 rings (SSSR count). The summed E-state index contributed by atoms with van der Waals surface area (Å²) in [5, 5.41) is 1.30. The number of nitrogens with two attached hydrogens (primary N) is 1. The number of nitrogens with zero attached hydrogens (tertiary/aromatic N) is 1. The van der Waals surface area contributed by atoms with Crippen molar-refractivity contribution in [1.29, 1.82) is 0 Å². The van der Waals surface area contributed by atoms with Crippen molar-refractivity contribution in [2.24, 2.45) is 0 Å². The van der Waals surface area contributed by atoms with Gasteiger partial charge in [-0.05, 0) is 18.6 Å². The molecule has 1 heterocycles. The summed E-state index contributed by atoms with van der Waals surface area (Å²) in [6.45, 7) is 1.04. The number of benzene rings is 1. The summed E-state index contributed by atoms with van der Waals surface area (Å²) in [5.41, 5.74) is 5.73. The van der Waals surface area contributed by atoms with Crippen molar-refractivity contribution in [3.05, 3.63) is 23.8 Å². The Morgan fingerprint density at radius 3 is 2.79 bits per heavy atom. The van der Waals surface area contributed by atoms with E-state index in [9.17, 15) is 8.78 Å². The van der Waals surface area contributed by atoms with Gasteiger partial charge in [0, 0.05) is 6.54 Å². The fourth-order valence-corrected chi connectivity index (χ4v) is 1.43. The van der Waals surface area contributed by atoms with Gasteiger partial charge in [-0.15, -0.1) is 0 Å². The molecular formula is C9H10F2N2O.